The second-order valence-corrected chi connectivity index (χ2v) is 5.82. The summed E-state index contributed by atoms with van der Waals surface area (Å²) in [6.45, 7) is 0.0642. The fourth-order valence-electron chi connectivity index (χ4n) is 1.58. The van der Waals surface area contributed by atoms with Crippen molar-refractivity contribution in [2.24, 2.45) is 0 Å². The first-order valence-electron chi connectivity index (χ1n) is 5.84. The predicted octanol–water partition coefficient (Wildman–Crippen LogP) is 3.34. The first-order chi connectivity index (χ1) is 10.1. The van der Waals surface area contributed by atoms with Crippen LogP contribution in [0, 0.1) is 22.0 Å². The molecule has 0 amide bonds. The van der Waals surface area contributed by atoms with E-state index in [0.717, 1.165) is 10.4 Å². The molecule has 0 aliphatic carbocycles. The van der Waals surface area contributed by atoms with Crippen LogP contribution in [0.5, 0.6) is 5.75 Å². The SMILES string of the molecule is O=[N+]([O-])c1cc(Br)cc(OCc2sccc2C#CCO)c1. The first kappa shape index (κ1) is 15.5. The molecule has 0 atom stereocenters. The third-order valence-corrected chi connectivity index (χ3v) is 3.84. The lowest BCUT2D eigenvalue weighted by Crippen LogP contribution is -1.96. The molecular formula is C14H10BrNO4S. The summed E-state index contributed by atoms with van der Waals surface area (Å²) in [6.07, 6.45) is 0. The topological polar surface area (TPSA) is 72.6 Å². The molecule has 2 aromatic rings. The predicted molar refractivity (Wildman–Crippen MR) is 83.4 cm³/mol. The Bertz CT molecular complexity index is 717. The van der Waals surface area contributed by atoms with E-state index in [-0.39, 0.29) is 18.9 Å². The van der Waals surface area contributed by atoms with Crippen molar-refractivity contribution in [2.75, 3.05) is 6.61 Å². The lowest BCUT2D eigenvalue weighted by molar-refractivity contribution is -0.385. The van der Waals surface area contributed by atoms with E-state index in [2.05, 4.69) is 27.8 Å². The van der Waals surface area contributed by atoms with E-state index in [4.69, 9.17) is 9.84 Å². The molecule has 108 valence electrons. The number of halogens is 1. The highest BCUT2D eigenvalue weighted by atomic mass is 79.9. The molecule has 0 unspecified atom stereocenters. The molecule has 0 spiro atoms. The minimum Gasteiger partial charge on any atom is -0.488 e. The highest BCUT2D eigenvalue weighted by Gasteiger charge is 2.10. The molecular weight excluding hydrogens is 358 g/mol. The quantitative estimate of drug-likeness (QED) is 0.510. The Morgan fingerprint density at radius 1 is 1.43 bits per heavy atom. The Hall–Kier alpha value is -1.88. The smallest absolute Gasteiger partial charge is 0.274 e. The molecule has 21 heavy (non-hydrogen) atoms. The number of nitro groups is 1. The van der Waals surface area contributed by atoms with Crippen molar-refractivity contribution in [3.63, 3.8) is 0 Å². The maximum absolute atomic E-state index is 10.8. The molecule has 5 nitrogen and oxygen atoms in total. The van der Waals surface area contributed by atoms with Gasteiger partial charge in [-0.05, 0) is 17.5 Å². The highest BCUT2D eigenvalue weighted by molar-refractivity contribution is 9.10. The van der Waals surface area contributed by atoms with Crippen LogP contribution in [0.3, 0.4) is 0 Å². The number of ether oxygens (including phenoxy) is 1. The number of rotatable bonds is 4. The Morgan fingerprint density at radius 2 is 2.24 bits per heavy atom. The molecule has 1 aromatic heterocycles. The Labute approximate surface area is 133 Å². The third kappa shape index (κ3) is 4.29. The summed E-state index contributed by atoms with van der Waals surface area (Å²) in [5.74, 6) is 5.82. The van der Waals surface area contributed by atoms with Crippen molar-refractivity contribution in [3.8, 4) is 17.6 Å². The van der Waals surface area contributed by atoms with E-state index in [1.165, 1.54) is 23.5 Å². The number of aliphatic hydroxyl groups is 1. The van der Waals surface area contributed by atoms with Crippen LogP contribution < -0.4 is 4.74 Å². The minimum atomic E-state index is -0.471. The van der Waals surface area contributed by atoms with Crippen LogP contribution in [0.25, 0.3) is 0 Å². The number of thiophene rings is 1. The van der Waals surface area contributed by atoms with Crippen molar-refractivity contribution in [1.82, 2.24) is 0 Å². The average molecular weight is 368 g/mol. The normalized spacial score (nSPS) is 9.81. The van der Waals surface area contributed by atoms with Gasteiger partial charge in [0.1, 0.15) is 19.0 Å². The number of benzene rings is 1. The summed E-state index contributed by atoms with van der Waals surface area (Å²) < 4.78 is 6.17. The maximum atomic E-state index is 10.8. The molecule has 1 aromatic carbocycles. The van der Waals surface area contributed by atoms with Crippen molar-refractivity contribution in [2.45, 2.75) is 6.61 Å². The second-order valence-electron chi connectivity index (χ2n) is 3.91. The van der Waals surface area contributed by atoms with Gasteiger partial charge in [0.15, 0.2) is 0 Å². The van der Waals surface area contributed by atoms with Gasteiger partial charge in [0.05, 0.1) is 15.9 Å². The standard InChI is InChI=1S/C14H10BrNO4S/c15-11-6-12(16(18)19)8-13(7-11)20-9-14-10(2-1-4-17)3-5-21-14/h3,5-8,17H,4,9H2. The number of hydrogen-bond acceptors (Lipinski definition) is 5. The lowest BCUT2D eigenvalue weighted by atomic mass is 10.2. The summed E-state index contributed by atoms with van der Waals surface area (Å²) in [4.78, 5) is 11.2. The van der Waals surface area contributed by atoms with E-state index in [0.29, 0.717) is 10.2 Å². The van der Waals surface area contributed by atoms with Gasteiger partial charge in [0.2, 0.25) is 0 Å². The third-order valence-electron chi connectivity index (χ3n) is 2.48. The summed E-state index contributed by atoms with van der Waals surface area (Å²) in [6, 6.07) is 6.29. The van der Waals surface area contributed by atoms with E-state index in [1.54, 1.807) is 6.07 Å². The van der Waals surface area contributed by atoms with Crippen LogP contribution in [-0.4, -0.2) is 16.6 Å². The fourth-order valence-corrected chi connectivity index (χ4v) is 2.79. The van der Waals surface area contributed by atoms with Crippen LogP contribution in [0.2, 0.25) is 0 Å². The van der Waals surface area contributed by atoms with Crippen LogP contribution >= 0.6 is 27.3 Å². The van der Waals surface area contributed by atoms with Gasteiger partial charge in [-0.1, -0.05) is 27.8 Å². The first-order valence-corrected chi connectivity index (χ1v) is 7.51. The van der Waals surface area contributed by atoms with Crippen molar-refractivity contribution < 1.29 is 14.8 Å². The molecule has 7 heteroatoms. The highest BCUT2D eigenvalue weighted by Crippen LogP contribution is 2.27. The number of aliphatic hydroxyl groups excluding tert-OH is 1. The van der Waals surface area contributed by atoms with Gasteiger partial charge in [-0.25, -0.2) is 0 Å². The van der Waals surface area contributed by atoms with Crippen LogP contribution in [-0.2, 0) is 6.61 Å². The summed E-state index contributed by atoms with van der Waals surface area (Å²) in [5.41, 5.74) is 0.754. The Morgan fingerprint density at radius 3 is 2.95 bits per heavy atom. The fraction of sp³-hybridized carbons (Fsp3) is 0.143. The molecule has 0 saturated heterocycles. The van der Waals surface area contributed by atoms with E-state index >= 15 is 0 Å². The summed E-state index contributed by atoms with van der Waals surface area (Å²) in [5, 5.41) is 21.4. The lowest BCUT2D eigenvalue weighted by Gasteiger charge is -2.06. The van der Waals surface area contributed by atoms with Gasteiger partial charge >= 0.3 is 0 Å². The molecule has 1 N–H and O–H groups in total. The molecule has 0 aliphatic rings. The van der Waals surface area contributed by atoms with E-state index in [1.807, 2.05) is 11.4 Å². The number of nitrogens with zero attached hydrogens (tertiary/aromatic N) is 1. The largest absolute Gasteiger partial charge is 0.488 e. The van der Waals surface area contributed by atoms with Crippen molar-refractivity contribution >= 4 is 33.0 Å². The van der Waals surface area contributed by atoms with Crippen molar-refractivity contribution in [3.05, 3.63) is 54.7 Å². The van der Waals surface area contributed by atoms with Crippen LogP contribution in [0.4, 0.5) is 5.69 Å². The molecule has 2 rings (SSSR count). The Kier molecular flexibility index (Phi) is 5.33. The Balaban J connectivity index is 2.13. The molecule has 0 bridgehead atoms. The zero-order valence-corrected chi connectivity index (χ0v) is 13.1. The van der Waals surface area contributed by atoms with Crippen LogP contribution in [0.15, 0.2) is 34.1 Å². The molecule has 0 saturated carbocycles. The van der Waals surface area contributed by atoms with Gasteiger partial charge in [-0.3, -0.25) is 10.1 Å². The minimum absolute atomic E-state index is 0.0362. The summed E-state index contributed by atoms with van der Waals surface area (Å²) in [7, 11) is 0. The van der Waals surface area contributed by atoms with Crippen LogP contribution in [0.1, 0.15) is 10.4 Å². The molecule has 0 aliphatic heterocycles. The number of hydrogen-bond donors (Lipinski definition) is 1. The zero-order valence-electron chi connectivity index (χ0n) is 10.7. The second kappa shape index (κ2) is 7.22. The number of non-ortho nitro benzene ring substituents is 1. The van der Waals surface area contributed by atoms with Gasteiger partial charge in [-0.2, -0.15) is 0 Å². The number of nitro benzene ring substituents is 1. The molecule has 0 fully saturated rings. The van der Waals surface area contributed by atoms with Crippen molar-refractivity contribution in [1.29, 1.82) is 0 Å². The van der Waals surface area contributed by atoms with Gasteiger partial charge in [0, 0.05) is 16.1 Å². The van der Waals surface area contributed by atoms with E-state index < -0.39 is 4.92 Å². The molecule has 1 heterocycles. The van der Waals surface area contributed by atoms with Gasteiger partial charge in [0.25, 0.3) is 5.69 Å². The molecule has 0 radical (unpaired) electrons. The van der Waals surface area contributed by atoms with E-state index in [9.17, 15) is 10.1 Å². The monoisotopic (exact) mass is 367 g/mol. The average Bonchev–Trinajstić information content (AvgIpc) is 2.89. The maximum Gasteiger partial charge on any atom is 0.274 e. The van der Waals surface area contributed by atoms with Gasteiger partial charge < -0.3 is 9.84 Å². The summed E-state index contributed by atoms with van der Waals surface area (Å²) >= 11 is 4.70. The van der Waals surface area contributed by atoms with Gasteiger partial charge in [-0.15, -0.1) is 11.3 Å². The zero-order chi connectivity index (χ0) is 15.2.